The van der Waals surface area contributed by atoms with E-state index in [1.165, 1.54) is 25.7 Å². The van der Waals surface area contributed by atoms with Crippen LogP contribution >= 0.6 is 0 Å². The molecule has 0 aliphatic heterocycles. The maximum atomic E-state index is 11.2. The summed E-state index contributed by atoms with van der Waals surface area (Å²) < 4.78 is 0. The molecule has 1 saturated carbocycles. The third-order valence-electron chi connectivity index (χ3n) is 3.60. The average molecular weight is 233 g/mol. The Morgan fingerprint density at radius 2 is 2.00 bits per heavy atom. The molecule has 4 N–H and O–H groups in total. The minimum atomic E-state index is -0.468. The lowest BCUT2D eigenvalue weighted by Crippen LogP contribution is -2.30. The Labute approximate surface area is 102 Å². The van der Waals surface area contributed by atoms with E-state index in [1.54, 1.807) is 6.07 Å². The lowest BCUT2D eigenvalue weighted by molar-refractivity contribution is 0.100. The van der Waals surface area contributed by atoms with Gasteiger partial charge in [-0.1, -0.05) is 18.9 Å². The van der Waals surface area contributed by atoms with Gasteiger partial charge in [0.2, 0.25) is 0 Å². The number of nitrogens with two attached hydrogens (primary N) is 2. The van der Waals surface area contributed by atoms with E-state index in [4.69, 9.17) is 11.5 Å². The molecule has 0 unspecified atom stereocenters. The van der Waals surface area contributed by atoms with Gasteiger partial charge in [0.05, 0.1) is 16.9 Å². The standard InChI is InChI=1S/C13H19N3O/c1-16(9-5-2-3-6-9)11-8-4-7-10(12(11)14)13(15)17/h4,7-9H,2-3,5-6,14H2,1H3,(H2,15,17). The van der Waals surface area contributed by atoms with Crippen LogP contribution in [0.25, 0.3) is 0 Å². The molecule has 1 aromatic carbocycles. The average Bonchev–Trinajstić information content (AvgIpc) is 2.81. The second kappa shape index (κ2) is 4.65. The van der Waals surface area contributed by atoms with Gasteiger partial charge in [-0.05, 0) is 25.0 Å². The van der Waals surface area contributed by atoms with Crippen molar-refractivity contribution in [2.75, 3.05) is 17.7 Å². The van der Waals surface area contributed by atoms with E-state index in [1.807, 2.05) is 19.2 Å². The largest absolute Gasteiger partial charge is 0.396 e. The van der Waals surface area contributed by atoms with Crippen LogP contribution in [-0.2, 0) is 0 Å². The highest BCUT2D eigenvalue weighted by Gasteiger charge is 2.22. The number of para-hydroxylation sites is 1. The number of nitrogens with zero attached hydrogens (tertiary/aromatic N) is 1. The highest BCUT2D eigenvalue weighted by atomic mass is 16.1. The molecule has 0 saturated heterocycles. The monoisotopic (exact) mass is 233 g/mol. The van der Waals surface area contributed by atoms with E-state index in [2.05, 4.69) is 4.90 Å². The topological polar surface area (TPSA) is 72.3 Å². The highest BCUT2D eigenvalue weighted by Crippen LogP contribution is 2.31. The molecule has 17 heavy (non-hydrogen) atoms. The Hall–Kier alpha value is -1.71. The van der Waals surface area contributed by atoms with Gasteiger partial charge in [0.25, 0.3) is 5.91 Å². The third kappa shape index (κ3) is 2.20. The third-order valence-corrected chi connectivity index (χ3v) is 3.60. The van der Waals surface area contributed by atoms with Crippen molar-refractivity contribution in [3.8, 4) is 0 Å². The van der Waals surface area contributed by atoms with Crippen LogP contribution in [0.5, 0.6) is 0 Å². The second-order valence-electron chi connectivity index (χ2n) is 4.65. The molecule has 2 rings (SSSR count). The quantitative estimate of drug-likeness (QED) is 0.781. The number of hydrogen-bond donors (Lipinski definition) is 2. The van der Waals surface area contributed by atoms with Crippen LogP contribution in [0.2, 0.25) is 0 Å². The van der Waals surface area contributed by atoms with Gasteiger partial charge in [0.1, 0.15) is 0 Å². The summed E-state index contributed by atoms with van der Waals surface area (Å²) in [5, 5.41) is 0. The van der Waals surface area contributed by atoms with Crippen molar-refractivity contribution in [1.82, 2.24) is 0 Å². The smallest absolute Gasteiger partial charge is 0.250 e. The summed E-state index contributed by atoms with van der Waals surface area (Å²) in [4.78, 5) is 13.4. The lowest BCUT2D eigenvalue weighted by Gasteiger charge is -2.28. The molecule has 92 valence electrons. The summed E-state index contributed by atoms with van der Waals surface area (Å²) in [5.41, 5.74) is 13.1. The molecule has 0 radical (unpaired) electrons. The van der Waals surface area contributed by atoms with Crippen molar-refractivity contribution >= 4 is 17.3 Å². The van der Waals surface area contributed by atoms with Crippen LogP contribution in [0.15, 0.2) is 18.2 Å². The normalized spacial score (nSPS) is 16.1. The maximum Gasteiger partial charge on any atom is 0.250 e. The Morgan fingerprint density at radius 1 is 1.35 bits per heavy atom. The van der Waals surface area contributed by atoms with Crippen molar-refractivity contribution in [2.45, 2.75) is 31.7 Å². The number of primary amides is 1. The van der Waals surface area contributed by atoms with Gasteiger partial charge < -0.3 is 16.4 Å². The number of carbonyl (C=O) groups is 1. The Kier molecular flexibility index (Phi) is 3.22. The fraction of sp³-hybridized carbons (Fsp3) is 0.462. The van der Waals surface area contributed by atoms with Gasteiger partial charge in [-0.15, -0.1) is 0 Å². The molecule has 1 amide bonds. The van der Waals surface area contributed by atoms with Crippen molar-refractivity contribution in [1.29, 1.82) is 0 Å². The van der Waals surface area contributed by atoms with Crippen molar-refractivity contribution < 1.29 is 4.79 Å². The molecule has 0 bridgehead atoms. The predicted octanol–water partition coefficient (Wildman–Crippen LogP) is 1.75. The number of amides is 1. The maximum absolute atomic E-state index is 11.2. The molecule has 1 aromatic rings. The van der Waals surface area contributed by atoms with Crippen LogP contribution in [-0.4, -0.2) is 19.0 Å². The number of anilines is 2. The van der Waals surface area contributed by atoms with E-state index in [9.17, 15) is 4.79 Å². The van der Waals surface area contributed by atoms with E-state index < -0.39 is 5.91 Å². The molecule has 0 aromatic heterocycles. The van der Waals surface area contributed by atoms with Crippen LogP contribution < -0.4 is 16.4 Å². The van der Waals surface area contributed by atoms with Crippen LogP contribution in [0.3, 0.4) is 0 Å². The Bertz CT molecular complexity index is 425. The van der Waals surface area contributed by atoms with Gasteiger partial charge in [-0.3, -0.25) is 4.79 Å². The van der Waals surface area contributed by atoms with E-state index in [0.717, 1.165) is 5.69 Å². The molecular formula is C13H19N3O. The summed E-state index contributed by atoms with van der Waals surface area (Å²) in [6.45, 7) is 0. The number of hydrogen-bond acceptors (Lipinski definition) is 3. The SMILES string of the molecule is CN(c1cccc(C(N)=O)c1N)C1CCCC1. The number of rotatable bonds is 3. The fourth-order valence-electron chi connectivity index (χ4n) is 2.56. The zero-order valence-electron chi connectivity index (χ0n) is 10.1. The zero-order valence-corrected chi connectivity index (χ0v) is 10.1. The highest BCUT2D eigenvalue weighted by molar-refractivity contribution is 6.00. The van der Waals surface area contributed by atoms with Gasteiger partial charge >= 0.3 is 0 Å². The fourth-order valence-corrected chi connectivity index (χ4v) is 2.56. The van der Waals surface area contributed by atoms with Crippen molar-refractivity contribution in [3.05, 3.63) is 23.8 Å². The zero-order chi connectivity index (χ0) is 12.4. The molecule has 1 aliphatic rings. The molecule has 0 atom stereocenters. The van der Waals surface area contributed by atoms with Crippen LogP contribution in [0.1, 0.15) is 36.0 Å². The number of carbonyl (C=O) groups excluding carboxylic acids is 1. The molecule has 0 heterocycles. The van der Waals surface area contributed by atoms with Gasteiger partial charge in [-0.25, -0.2) is 0 Å². The van der Waals surface area contributed by atoms with Gasteiger partial charge in [-0.2, -0.15) is 0 Å². The van der Waals surface area contributed by atoms with E-state index in [-0.39, 0.29) is 0 Å². The summed E-state index contributed by atoms with van der Waals surface area (Å²) in [7, 11) is 2.03. The van der Waals surface area contributed by atoms with Crippen LogP contribution in [0.4, 0.5) is 11.4 Å². The molecule has 0 spiro atoms. The Balaban J connectivity index is 2.31. The van der Waals surface area contributed by atoms with Gasteiger partial charge in [0, 0.05) is 13.1 Å². The first-order valence-electron chi connectivity index (χ1n) is 6.02. The van der Waals surface area contributed by atoms with Crippen LogP contribution in [0, 0.1) is 0 Å². The summed E-state index contributed by atoms with van der Waals surface area (Å²) in [5.74, 6) is -0.468. The molecular weight excluding hydrogens is 214 g/mol. The lowest BCUT2D eigenvalue weighted by atomic mass is 10.1. The van der Waals surface area contributed by atoms with Crippen molar-refractivity contribution in [2.24, 2.45) is 5.73 Å². The molecule has 4 heteroatoms. The Morgan fingerprint density at radius 3 is 2.59 bits per heavy atom. The predicted molar refractivity (Wildman–Crippen MR) is 70.0 cm³/mol. The molecule has 1 fully saturated rings. The summed E-state index contributed by atoms with van der Waals surface area (Å²) >= 11 is 0. The summed E-state index contributed by atoms with van der Waals surface area (Å²) in [6, 6.07) is 5.97. The minimum Gasteiger partial charge on any atom is -0.396 e. The first kappa shape index (κ1) is 11.8. The molecule has 4 nitrogen and oxygen atoms in total. The molecule has 1 aliphatic carbocycles. The van der Waals surface area contributed by atoms with Gasteiger partial charge in [0.15, 0.2) is 0 Å². The first-order chi connectivity index (χ1) is 8.11. The van der Waals surface area contributed by atoms with Crippen molar-refractivity contribution in [3.63, 3.8) is 0 Å². The van der Waals surface area contributed by atoms with E-state index >= 15 is 0 Å². The first-order valence-corrected chi connectivity index (χ1v) is 6.02. The minimum absolute atomic E-state index is 0.410. The van der Waals surface area contributed by atoms with E-state index in [0.29, 0.717) is 17.3 Å². The summed E-state index contributed by atoms with van der Waals surface area (Å²) in [6.07, 6.45) is 4.92. The number of nitrogen functional groups attached to an aromatic ring is 1. The number of benzene rings is 1. The second-order valence-corrected chi connectivity index (χ2v) is 4.65.